The van der Waals surface area contributed by atoms with Crippen molar-refractivity contribution < 1.29 is 19.4 Å². The van der Waals surface area contributed by atoms with Gasteiger partial charge >= 0.3 is 12.1 Å². The van der Waals surface area contributed by atoms with Crippen LogP contribution in [0.1, 0.15) is 12.0 Å². The predicted molar refractivity (Wildman–Crippen MR) is 67.3 cm³/mol. The molecule has 6 nitrogen and oxygen atoms in total. The number of nitrogens with zero attached hydrogens (tertiary/aromatic N) is 1. The van der Waals surface area contributed by atoms with Crippen molar-refractivity contribution in [3.8, 4) is 0 Å². The lowest BCUT2D eigenvalue weighted by molar-refractivity contribution is -0.141. The van der Waals surface area contributed by atoms with Gasteiger partial charge in [0.15, 0.2) is 0 Å². The van der Waals surface area contributed by atoms with Gasteiger partial charge in [0.25, 0.3) is 0 Å². The van der Waals surface area contributed by atoms with Gasteiger partial charge in [-0.1, -0.05) is 30.3 Å². The lowest BCUT2D eigenvalue weighted by Gasteiger charge is -2.20. The monoisotopic (exact) mass is 264 g/mol. The van der Waals surface area contributed by atoms with E-state index in [1.807, 2.05) is 30.3 Å². The third kappa shape index (κ3) is 3.23. The summed E-state index contributed by atoms with van der Waals surface area (Å²) in [5, 5.41) is 9.03. The fraction of sp³-hybridized carbons (Fsp3) is 0.385. The van der Waals surface area contributed by atoms with Gasteiger partial charge in [0, 0.05) is 12.6 Å². The van der Waals surface area contributed by atoms with Gasteiger partial charge in [-0.25, -0.2) is 9.59 Å². The molecule has 6 heteroatoms. The van der Waals surface area contributed by atoms with E-state index in [1.54, 1.807) is 0 Å². The van der Waals surface area contributed by atoms with Crippen molar-refractivity contribution >= 4 is 12.1 Å². The molecular weight excluding hydrogens is 248 g/mol. The zero-order chi connectivity index (χ0) is 13.8. The van der Waals surface area contributed by atoms with Crippen molar-refractivity contribution in [2.75, 3.05) is 6.54 Å². The number of benzene rings is 1. The summed E-state index contributed by atoms with van der Waals surface area (Å²) >= 11 is 0. The Bertz CT molecular complexity index is 463. The molecule has 1 heterocycles. The summed E-state index contributed by atoms with van der Waals surface area (Å²) in [6, 6.07) is 8.01. The topological polar surface area (TPSA) is 92.9 Å². The van der Waals surface area contributed by atoms with Crippen LogP contribution in [0.5, 0.6) is 0 Å². The van der Waals surface area contributed by atoms with Gasteiger partial charge < -0.3 is 15.6 Å². The molecule has 2 unspecified atom stereocenters. The van der Waals surface area contributed by atoms with Crippen LogP contribution in [-0.4, -0.2) is 40.7 Å². The summed E-state index contributed by atoms with van der Waals surface area (Å²) in [5.74, 6) is -1.05. The fourth-order valence-electron chi connectivity index (χ4n) is 2.11. The van der Waals surface area contributed by atoms with Crippen molar-refractivity contribution in [2.24, 2.45) is 5.73 Å². The highest BCUT2D eigenvalue weighted by Gasteiger charge is 2.39. The Hall–Kier alpha value is -2.08. The molecule has 1 saturated heterocycles. The molecule has 0 radical (unpaired) electrons. The average Bonchev–Trinajstić information content (AvgIpc) is 2.79. The van der Waals surface area contributed by atoms with Crippen molar-refractivity contribution in [1.29, 1.82) is 0 Å². The number of amides is 1. The van der Waals surface area contributed by atoms with E-state index in [-0.39, 0.29) is 25.6 Å². The number of hydrogen-bond acceptors (Lipinski definition) is 4. The predicted octanol–water partition coefficient (Wildman–Crippen LogP) is 0.809. The molecule has 19 heavy (non-hydrogen) atoms. The summed E-state index contributed by atoms with van der Waals surface area (Å²) in [6.07, 6.45) is -0.375. The zero-order valence-electron chi connectivity index (χ0n) is 10.4. The summed E-state index contributed by atoms with van der Waals surface area (Å²) in [5.41, 5.74) is 6.54. The molecule has 0 aromatic heterocycles. The molecule has 1 fully saturated rings. The van der Waals surface area contributed by atoms with Crippen LogP contribution in [0, 0.1) is 0 Å². The molecule has 1 amide bonds. The Labute approximate surface area is 110 Å². The minimum atomic E-state index is -1.05. The number of rotatable bonds is 3. The summed E-state index contributed by atoms with van der Waals surface area (Å²) in [7, 11) is 0. The molecule has 3 N–H and O–H groups in total. The number of hydrogen-bond donors (Lipinski definition) is 2. The summed E-state index contributed by atoms with van der Waals surface area (Å²) in [6.45, 7) is 0.336. The highest BCUT2D eigenvalue weighted by Crippen LogP contribution is 2.18. The maximum atomic E-state index is 11.9. The van der Waals surface area contributed by atoms with Gasteiger partial charge in [0.2, 0.25) is 0 Å². The van der Waals surface area contributed by atoms with Crippen LogP contribution < -0.4 is 5.73 Å². The van der Waals surface area contributed by atoms with E-state index in [2.05, 4.69) is 0 Å². The van der Waals surface area contributed by atoms with Crippen LogP contribution in [0.25, 0.3) is 0 Å². The number of carboxylic acid groups (broad SMARTS) is 1. The second kappa shape index (κ2) is 5.71. The van der Waals surface area contributed by atoms with Crippen molar-refractivity contribution in [3.05, 3.63) is 35.9 Å². The maximum absolute atomic E-state index is 11.9. The molecule has 1 aromatic rings. The molecule has 1 aliphatic rings. The first-order valence-corrected chi connectivity index (χ1v) is 6.03. The Morgan fingerprint density at radius 1 is 1.37 bits per heavy atom. The molecule has 1 aliphatic heterocycles. The minimum absolute atomic E-state index is 0.123. The highest BCUT2D eigenvalue weighted by molar-refractivity contribution is 5.81. The third-order valence-corrected chi connectivity index (χ3v) is 3.06. The van der Waals surface area contributed by atoms with E-state index >= 15 is 0 Å². The van der Waals surface area contributed by atoms with E-state index in [1.165, 1.54) is 4.90 Å². The zero-order valence-corrected chi connectivity index (χ0v) is 10.4. The molecular formula is C13H16N2O4. The first-order valence-electron chi connectivity index (χ1n) is 6.03. The first-order chi connectivity index (χ1) is 9.08. The largest absolute Gasteiger partial charge is 0.480 e. The molecule has 0 saturated carbocycles. The number of likely N-dealkylation sites (tertiary alicyclic amines) is 1. The Morgan fingerprint density at radius 2 is 2.05 bits per heavy atom. The number of carbonyl (C=O) groups excluding carboxylic acids is 1. The highest BCUT2D eigenvalue weighted by atomic mass is 16.6. The standard InChI is InChI=1S/C13H16N2O4/c14-10-6-11(12(16)17)15(7-10)13(18)19-8-9-4-2-1-3-5-9/h1-5,10-11H,6-8,14H2,(H,16,17). The Kier molecular flexibility index (Phi) is 4.01. The van der Waals surface area contributed by atoms with Crippen LogP contribution >= 0.6 is 0 Å². The van der Waals surface area contributed by atoms with Gasteiger partial charge in [-0.3, -0.25) is 4.90 Å². The SMILES string of the molecule is NC1CC(C(=O)O)N(C(=O)OCc2ccccc2)C1. The summed E-state index contributed by atoms with van der Waals surface area (Å²) in [4.78, 5) is 24.1. The van der Waals surface area contributed by atoms with Gasteiger partial charge in [-0.05, 0) is 12.0 Å². The van der Waals surface area contributed by atoms with E-state index < -0.39 is 18.1 Å². The third-order valence-electron chi connectivity index (χ3n) is 3.06. The van der Waals surface area contributed by atoms with Gasteiger partial charge in [-0.2, -0.15) is 0 Å². The van der Waals surface area contributed by atoms with E-state index in [9.17, 15) is 9.59 Å². The molecule has 102 valence electrons. The van der Waals surface area contributed by atoms with E-state index in [4.69, 9.17) is 15.6 Å². The smallest absolute Gasteiger partial charge is 0.410 e. The lowest BCUT2D eigenvalue weighted by atomic mass is 10.2. The quantitative estimate of drug-likeness (QED) is 0.842. The molecule has 2 atom stereocenters. The number of nitrogens with two attached hydrogens (primary N) is 1. The first kappa shape index (κ1) is 13.4. The second-order valence-corrected chi connectivity index (χ2v) is 4.54. The van der Waals surface area contributed by atoms with Crippen LogP contribution in [0.3, 0.4) is 0 Å². The van der Waals surface area contributed by atoms with Crippen molar-refractivity contribution in [3.63, 3.8) is 0 Å². The lowest BCUT2D eigenvalue weighted by Crippen LogP contribution is -2.41. The number of carbonyl (C=O) groups is 2. The van der Waals surface area contributed by atoms with Gasteiger partial charge in [0.1, 0.15) is 12.6 Å². The fourth-order valence-corrected chi connectivity index (χ4v) is 2.11. The minimum Gasteiger partial charge on any atom is -0.480 e. The second-order valence-electron chi connectivity index (χ2n) is 4.54. The summed E-state index contributed by atoms with van der Waals surface area (Å²) < 4.78 is 5.11. The van der Waals surface area contributed by atoms with Crippen LogP contribution in [-0.2, 0) is 16.1 Å². The van der Waals surface area contributed by atoms with Crippen LogP contribution in [0.15, 0.2) is 30.3 Å². The number of ether oxygens (including phenoxy) is 1. The van der Waals surface area contributed by atoms with Crippen molar-refractivity contribution in [1.82, 2.24) is 4.90 Å². The Balaban J connectivity index is 1.94. The van der Waals surface area contributed by atoms with Crippen LogP contribution in [0.2, 0.25) is 0 Å². The molecule has 2 rings (SSSR count). The van der Waals surface area contributed by atoms with E-state index in [0.29, 0.717) is 0 Å². The average molecular weight is 264 g/mol. The van der Waals surface area contributed by atoms with Gasteiger partial charge in [0.05, 0.1) is 0 Å². The molecule has 0 aliphatic carbocycles. The van der Waals surface area contributed by atoms with Crippen LogP contribution in [0.4, 0.5) is 4.79 Å². The molecule has 0 spiro atoms. The van der Waals surface area contributed by atoms with Gasteiger partial charge in [-0.15, -0.1) is 0 Å². The molecule has 1 aromatic carbocycles. The van der Waals surface area contributed by atoms with Crippen molar-refractivity contribution in [2.45, 2.75) is 25.1 Å². The normalized spacial score (nSPS) is 22.3. The number of carboxylic acids is 1. The molecule has 0 bridgehead atoms. The number of aliphatic carboxylic acids is 1. The van der Waals surface area contributed by atoms with E-state index in [0.717, 1.165) is 5.56 Å². The Morgan fingerprint density at radius 3 is 2.68 bits per heavy atom. The maximum Gasteiger partial charge on any atom is 0.410 e.